The number of ether oxygens (including phenoxy) is 1. The summed E-state index contributed by atoms with van der Waals surface area (Å²) < 4.78 is 5.68. The molecule has 1 fully saturated rings. The summed E-state index contributed by atoms with van der Waals surface area (Å²) in [6.07, 6.45) is 3.98. The van der Waals surface area contributed by atoms with Crippen LogP contribution >= 0.6 is 0 Å². The minimum atomic E-state index is 0.639. The first-order valence-corrected chi connectivity index (χ1v) is 6.64. The van der Waals surface area contributed by atoms with Crippen LogP contribution in [0.25, 0.3) is 0 Å². The number of para-hydroxylation sites is 1. The van der Waals surface area contributed by atoms with Crippen molar-refractivity contribution in [3.63, 3.8) is 0 Å². The molecule has 3 rings (SSSR count). The topological polar surface area (TPSA) is 33.3 Å². The van der Waals surface area contributed by atoms with E-state index in [2.05, 4.69) is 22.8 Å². The number of hydrogen-bond donors (Lipinski definition) is 2. The molecule has 0 bridgehead atoms. The highest BCUT2D eigenvalue weighted by Crippen LogP contribution is 2.39. The fourth-order valence-corrected chi connectivity index (χ4v) is 3.01. The van der Waals surface area contributed by atoms with Crippen molar-refractivity contribution >= 4 is 11.4 Å². The van der Waals surface area contributed by atoms with E-state index in [0.717, 1.165) is 23.9 Å². The molecule has 0 radical (unpaired) electrons. The highest BCUT2D eigenvalue weighted by molar-refractivity contribution is 5.76. The number of fused-ring (bicyclic) bond motifs is 2. The first-order chi connectivity index (χ1) is 8.38. The molecule has 0 amide bonds. The van der Waals surface area contributed by atoms with Crippen molar-refractivity contribution in [2.45, 2.75) is 32.2 Å². The van der Waals surface area contributed by atoms with Crippen LogP contribution in [0, 0.1) is 5.92 Å². The number of hydrogen-bond acceptors (Lipinski definition) is 3. The van der Waals surface area contributed by atoms with E-state index >= 15 is 0 Å². The maximum absolute atomic E-state index is 5.68. The zero-order chi connectivity index (χ0) is 11.7. The molecule has 17 heavy (non-hydrogen) atoms. The molecule has 1 aliphatic carbocycles. The van der Waals surface area contributed by atoms with E-state index in [1.54, 1.807) is 0 Å². The third kappa shape index (κ3) is 1.94. The van der Waals surface area contributed by atoms with Crippen molar-refractivity contribution in [1.82, 2.24) is 0 Å². The van der Waals surface area contributed by atoms with Gasteiger partial charge in [-0.2, -0.15) is 0 Å². The summed E-state index contributed by atoms with van der Waals surface area (Å²) >= 11 is 0. The Kier molecular flexibility index (Phi) is 2.83. The van der Waals surface area contributed by atoms with E-state index in [0.29, 0.717) is 12.6 Å². The van der Waals surface area contributed by atoms with Crippen LogP contribution in [0.3, 0.4) is 0 Å². The van der Waals surface area contributed by atoms with Crippen molar-refractivity contribution < 1.29 is 4.74 Å². The van der Waals surface area contributed by atoms with Crippen molar-refractivity contribution in [2.75, 3.05) is 23.8 Å². The van der Waals surface area contributed by atoms with Crippen LogP contribution in [0.15, 0.2) is 18.2 Å². The van der Waals surface area contributed by atoms with Gasteiger partial charge in [0.1, 0.15) is 11.4 Å². The largest absolute Gasteiger partial charge is 0.492 e. The van der Waals surface area contributed by atoms with Gasteiger partial charge in [-0.15, -0.1) is 0 Å². The lowest BCUT2D eigenvalue weighted by molar-refractivity contribution is 0.342. The van der Waals surface area contributed by atoms with E-state index in [-0.39, 0.29) is 0 Å². The summed E-state index contributed by atoms with van der Waals surface area (Å²) in [6.45, 7) is 3.80. The van der Waals surface area contributed by atoms with Gasteiger partial charge in [-0.25, -0.2) is 0 Å². The van der Waals surface area contributed by atoms with Crippen LogP contribution < -0.4 is 15.4 Å². The molecule has 1 aromatic rings. The molecule has 0 aromatic heterocycles. The molecule has 1 aliphatic heterocycles. The predicted molar refractivity (Wildman–Crippen MR) is 70.9 cm³/mol. The second-order valence-electron chi connectivity index (χ2n) is 4.93. The number of nitrogens with one attached hydrogen (secondary N) is 2. The SMILES string of the molecule is CCOc1cccc2c1NCC1CCCC1N2. The van der Waals surface area contributed by atoms with Gasteiger partial charge in [0.05, 0.1) is 12.3 Å². The van der Waals surface area contributed by atoms with E-state index in [9.17, 15) is 0 Å². The lowest BCUT2D eigenvalue weighted by atomic mass is 10.0. The molecule has 2 N–H and O–H groups in total. The Morgan fingerprint density at radius 3 is 3.18 bits per heavy atom. The number of benzene rings is 1. The third-order valence-electron chi connectivity index (χ3n) is 3.87. The van der Waals surface area contributed by atoms with E-state index < -0.39 is 0 Å². The molecular formula is C14H20N2O. The van der Waals surface area contributed by atoms with Crippen LogP contribution in [0.5, 0.6) is 5.75 Å². The number of rotatable bonds is 2. The summed E-state index contributed by atoms with van der Waals surface area (Å²) in [5, 5.41) is 7.24. The van der Waals surface area contributed by atoms with Crippen molar-refractivity contribution in [1.29, 1.82) is 0 Å². The van der Waals surface area contributed by atoms with Crippen molar-refractivity contribution in [3.05, 3.63) is 18.2 Å². The summed E-state index contributed by atoms with van der Waals surface area (Å²) in [5.41, 5.74) is 2.34. The van der Waals surface area contributed by atoms with E-state index in [1.807, 2.05) is 13.0 Å². The molecule has 92 valence electrons. The van der Waals surface area contributed by atoms with Gasteiger partial charge in [-0.3, -0.25) is 0 Å². The molecule has 2 atom stereocenters. The van der Waals surface area contributed by atoms with Crippen LogP contribution in [0.2, 0.25) is 0 Å². The van der Waals surface area contributed by atoms with Crippen LogP contribution in [-0.2, 0) is 0 Å². The molecule has 1 aromatic carbocycles. The van der Waals surface area contributed by atoms with Crippen LogP contribution in [0.4, 0.5) is 11.4 Å². The smallest absolute Gasteiger partial charge is 0.144 e. The molecular weight excluding hydrogens is 212 g/mol. The Bertz CT molecular complexity index is 405. The summed E-state index contributed by atoms with van der Waals surface area (Å²) in [4.78, 5) is 0. The first kappa shape index (κ1) is 10.8. The van der Waals surface area contributed by atoms with Crippen molar-refractivity contribution in [2.24, 2.45) is 5.92 Å². The van der Waals surface area contributed by atoms with Gasteiger partial charge < -0.3 is 15.4 Å². The second kappa shape index (κ2) is 4.47. The van der Waals surface area contributed by atoms with Gasteiger partial charge in [0.15, 0.2) is 0 Å². The molecule has 0 spiro atoms. The average molecular weight is 232 g/mol. The van der Waals surface area contributed by atoms with E-state index in [1.165, 1.54) is 24.9 Å². The number of anilines is 2. The Hall–Kier alpha value is -1.38. The van der Waals surface area contributed by atoms with Crippen molar-refractivity contribution in [3.8, 4) is 5.75 Å². The Morgan fingerprint density at radius 1 is 1.35 bits per heavy atom. The Labute approximate surface area is 103 Å². The second-order valence-corrected chi connectivity index (χ2v) is 4.93. The minimum Gasteiger partial charge on any atom is -0.492 e. The monoisotopic (exact) mass is 232 g/mol. The summed E-state index contributed by atoms with van der Waals surface area (Å²) in [6, 6.07) is 6.89. The van der Waals surface area contributed by atoms with Crippen LogP contribution in [0.1, 0.15) is 26.2 Å². The first-order valence-electron chi connectivity index (χ1n) is 6.64. The van der Waals surface area contributed by atoms with E-state index in [4.69, 9.17) is 4.74 Å². The Morgan fingerprint density at radius 2 is 2.29 bits per heavy atom. The lowest BCUT2D eigenvalue weighted by Gasteiger charge is -2.17. The normalized spacial score (nSPS) is 26.2. The Balaban J connectivity index is 1.91. The van der Waals surface area contributed by atoms with Gasteiger partial charge in [0, 0.05) is 12.6 Å². The maximum atomic E-state index is 5.68. The highest BCUT2D eigenvalue weighted by atomic mass is 16.5. The maximum Gasteiger partial charge on any atom is 0.144 e. The van der Waals surface area contributed by atoms with Crippen LogP contribution in [-0.4, -0.2) is 19.2 Å². The average Bonchev–Trinajstić information content (AvgIpc) is 2.69. The summed E-state index contributed by atoms with van der Waals surface area (Å²) in [7, 11) is 0. The zero-order valence-electron chi connectivity index (χ0n) is 10.3. The quantitative estimate of drug-likeness (QED) is 0.822. The lowest BCUT2D eigenvalue weighted by Crippen LogP contribution is -2.25. The highest BCUT2D eigenvalue weighted by Gasteiger charge is 2.30. The molecule has 3 nitrogen and oxygen atoms in total. The molecule has 2 unspecified atom stereocenters. The minimum absolute atomic E-state index is 0.639. The van der Waals surface area contributed by atoms with Gasteiger partial charge >= 0.3 is 0 Å². The zero-order valence-corrected chi connectivity index (χ0v) is 10.3. The molecule has 1 heterocycles. The summed E-state index contributed by atoms with van der Waals surface area (Å²) in [5.74, 6) is 1.73. The van der Waals surface area contributed by atoms with Gasteiger partial charge in [-0.1, -0.05) is 12.5 Å². The van der Waals surface area contributed by atoms with Gasteiger partial charge in [-0.05, 0) is 37.8 Å². The predicted octanol–water partition coefficient (Wildman–Crippen LogP) is 3.09. The molecule has 2 aliphatic rings. The molecule has 0 saturated heterocycles. The fourth-order valence-electron chi connectivity index (χ4n) is 3.01. The standard InChI is InChI=1S/C14H20N2O/c1-2-17-13-8-4-7-12-14(13)15-9-10-5-3-6-11(10)16-12/h4,7-8,10-11,15-16H,2-3,5-6,9H2,1H3. The molecule has 3 heteroatoms. The van der Waals surface area contributed by atoms with Gasteiger partial charge in [0.25, 0.3) is 0 Å². The molecule has 1 saturated carbocycles. The van der Waals surface area contributed by atoms with Gasteiger partial charge in [0.2, 0.25) is 0 Å². The third-order valence-corrected chi connectivity index (χ3v) is 3.87. The fraction of sp³-hybridized carbons (Fsp3) is 0.571.